The maximum absolute atomic E-state index is 12.5. The van der Waals surface area contributed by atoms with Gasteiger partial charge in [0, 0.05) is 38.2 Å². The molecule has 4 rings (SSSR count). The molecule has 124 valence electrons. The molecule has 24 heavy (non-hydrogen) atoms. The smallest absolute Gasteiger partial charge is 0.272 e. The largest absolute Gasteiger partial charge is 0.345 e. The molecule has 3 aromatic rings. The summed E-state index contributed by atoms with van der Waals surface area (Å²) in [5.41, 5.74) is 1.59. The molecule has 0 bridgehead atoms. The second-order valence-electron chi connectivity index (χ2n) is 5.78. The lowest BCUT2D eigenvalue weighted by atomic mass is 10.3. The number of halogens is 1. The number of piperazine rings is 1. The Kier molecular flexibility index (Phi) is 3.90. The van der Waals surface area contributed by atoms with Crippen LogP contribution in [0.3, 0.4) is 0 Å². The van der Waals surface area contributed by atoms with E-state index in [4.69, 9.17) is 11.6 Å². The molecular formula is C16H16ClN5OS. The van der Waals surface area contributed by atoms with E-state index in [1.165, 1.54) is 0 Å². The second kappa shape index (κ2) is 6.07. The van der Waals surface area contributed by atoms with Crippen LogP contribution in [0.4, 0.5) is 5.13 Å². The van der Waals surface area contributed by atoms with Gasteiger partial charge in [0.1, 0.15) is 5.69 Å². The normalized spacial score (nSPS) is 15.2. The van der Waals surface area contributed by atoms with Crippen LogP contribution in [-0.2, 0) is 7.05 Å². The molecule has 3 heterocycles. The summed E-state index contributed by atoms with van der Waals surface area (Å²) in [6.45, 7) is 2.91. The van der Waals surface area contributed by atoms with Crippen LogP contribution in [0.2, 0.25) is 5.02 Å². The Morgan fingerprint density at radius 3 is 2.75 bits per heavy atom. The number of fused-ring (bicyclic) bond motifs is 1. The molecule has 0 spiro atoms. The maximum atomic E-state index is 12.5. The first-order chi connectivity index (χ1) is 11.6. The van der Waals surface area contributed by atoms with Crippen LogP contribution in [0, 0.1) is 0 Å². The molecule has 0 aliphatic carbocycles. The summed E-state index contributed by atoms with van der Waals surface area (Å²) < 4.78 is 2.84. The van der Waals surface area contributed by atoms with Crippen LogP contribution in [0.1, 0.15) is 10.5 Å². The van der Waals surface area contributed by atoms with E-state index in [1.807, 2.05) is 30.1 Å². The number of benzene rings is 1. The summed E-state index contributed by atoms with van der Waals surface area (Å²) >= 11 is 7.68. The van der Waals surface area contributed by atoms with Crippen molar-refractivity contribution in [3.8, 4) is 0 Å². The first-order valence-electron chi connectivity index (χ1n) is 7.68. The zero-order chi connectivity index (χ0) is 16.7. The minimum Gasteiger partial charge on any atom is -0.345 e. The summed E-state index contributed by atoms with van der Waals surface area (Å²) in [6, 6.07) is 5.75. The van der Waals surface area contributed by atoms with Gasteiger partial charge in [0.05, 0.1) is 22.7 Å². The van der Waals surface area contributed by atoms with Crippen LogP contribution >= 0.6 is 22.9 Å². The fourth-order valence-corrected chi connectivity index (χ4v) is 4.14. The van der Waals surface area contributed by atoms with Gasteiger partial charge in [0.2, 0.25) is 0 Å². The van der Waals surface area contributed by atoms with Crippen molar-refractivity contribution >= 4 is 44.2 Å². The third kappa shape index (κ3) is 2.74. The van der Waals surface area contributed by atoms with Crippen molar-refractivity contribution in [3.63, 3.8) is 0 Å². The van der Waals surface area contributed by atoms with Gasteiger partial charge in [-0.3, -0.25) is 4.79 Å². The summed E-state index contributed by atoms with van der Waals surface area (Å²) in [5, 5.41) is 1.71. The number of carbonyl (C=O) groups excluding carboxylic acids is 1. The summed E-state index contributed by atoms with van der Waals surface area (Å²) in [6.07, 6.45) is 3.27. The van der Waals surface area contributed by atoms with Crippen molar-refractivity contribution in [1.82, 2.24) is 19.4 Å². The zero-order valence-electron chi connectivity index (χ0n) is 13.1. The van der Waals surface area contributed by atoms with Crippen molar-refractivity contribution in [2.24, 2.45) is 7.05 Å². The van der Waals surface area contributed by atoms with Gasteiger partial charge in [-0.1, -0.05) is 22.9 Å². The van der Waals surface area contributed by atoms with Crippen LogP contribution in [0.25, 0.3) is 10.2 Å². The van der Waals surface area contributed by atoms with Gasteiger partial charge in [0.15, 0.2) is 5.13 Å². The number of thiazole rings is 1. The van der Waals surface area contributed by atoms with Crippen molar-refractivity contribution in [3.05, 3.63) is 41.4 Å². The fraction of sp³-hybridized carbons (Fsp3) is 0.312. The molecule has 6 nitrogen and oxygen atoms in total. The highest BCUT2D eigenvalue weighted by Gasteiger charge is 2.25. The van der Waals surface area contributed by atoms with E-state index in [2.05, 4.69) is 14.9 Å². The number of rotatable bonds is 2. The number of amides is 1. The highest BCUT2D eigenvalue weighted by Crippen LogP contribution is 2.31. The van der Waals surface area contributed by atoms with Crippen molar-refractivity contribution in [2.45, 2.75) is 0 Å². The number of carbonyl (C=O) groups is 1. The molecule has 1 amide bonds. The highest BCUT2D eigenvalue weighted by atomic mass is 35.5. The molecule has 1 saturated heterocycles. The molecule has 0 unspecified atom stereocenters. The Hall–Kier alpha value is -2.12. The van der Waals surface area contributed by atoms with Crippen molar-refractivity contribution in [2.75, 3.05) is 31.1 Å². The van der Waals surface area contributed by atoms with Gasteiger partial charge in [-0.15, -0.1) is 0 Å². The fourth-order valence-electron chi connectivity index (χ4n) is 2.85. The average molecular weight is 362 g/mol. The highest BCUT2D eigenvalue weighted by molar-refractivity contribution is 7.22. The zero-order valence-corrected chi connectivity index (χ0v) is 14.7. The van der Waals surface area contributed by atoms with Crippen LogP contribution < -0.4 is 4.90 Å². The van der Waals surface area contributed by atoms with Gasteiger partial charge < -0.3 is 14.4 Å². The Morgan fingerprint density at radius 1 is 1.25 bits per heavy atom. The molecule has 1 fully saturated rings. The Bertz CT molecular complexity index is 897. The summed E-state index contributed by atoms with van der Waals surface area (Å²) in [5.74, 6) is 0.0331. The molecular weight excluding hydrogens is 346 g/mol. The number of anilines is 1. The van der Waals surface area contributed by atoms with Gasteiger partial charge in [0.25, 0.3) is 5.91 Å². The lowest BCUT2D eigenvalue weighted by molar-refractivity contribution is 0.0737. The van der Waals surface area contributed by atoms with Crippen molar-refractivity contribution in [1.29, 1.82) is 0 Å². The van der Waals surface area contributed by atoms with E-state index >= 15 is 0 Å². The Balaban J connectivity index is 1.47. The van der Waals surface area contributed by atoms with E-state index in [-0.39, 0.29) is 5.91 Å². The van der Waals surface area contributed by atoms with Gasteiger partial charge in [-0.2, -0.15) is 0 Å². The molecule has 0 radical (unpaired) electrons. The van der Waals surface area contributed by atoms with E-state index in [1.54, 1.807) is 28.4 Å². The number of nitrogens with zero attached hydrogens (tertiary/aromatic N) is 5. The Morgan fingerprint density at radius 2 is 2.04 bits per heavy atom. The van der Waals surface area contributed by atoms with Gasteiger partial charge in [-0.05, 0) is 18.2 Å². The average Bonchev–Trinajstić information content (AvgIpc) is 3.20. The molecule has 0 saturated carbocycles. The lowest BCUT2D eigenvalue weighted by Crippen LogP contribution is -2.49. The minimum absolute atomic E-state index is 0.0331. The van der Waals surface area contributed by atoms with E-state index in [0.717, 1.165) is 33.5 Å². The maximum Gasteiger partial charge on any atom is 0.272 e. The predicted molar refractivity (Wildman–Crippen MR) is 96.0 cm³/mol. The first-order valence-corrected chi connectivity index (χ1v) is 8.88. The first kappa shape index (κ1) is 15.4. The standard InChI is InChI=1S/C16H16ClN5OS/c1-20-10-18-9-13(20)15(23)21-4-6-22(7-5-21)16-19-12-3-2-11(17)8-14(12)24-16/h2-3,8-10H,4-7H2,1H3. The second-order valence-corrected chi connectivity index (χ2v) is 7.22. The lowest BCUT2D eigenvalue weighted by Gasteiger charge is -2.34. The molecule has 1 aliphatic heterocycles. The van der Waals surface area contributed by atoms with E-state index in [0.29, 0.717) is 18.8 Å². The van der Waals surface area contributed by atoms with Crippen molar-refractivity contribution < 1.29 is 4.79 Å². The van der Waals surface area contributed by atoms with Gasteiger partial charge in [-0.25, -0.2) is 9.97 Å². The van der Waals surface area contributed by atoms with Crippen LogP contribution in [0.15, 0.2) is 30.7 Å². The van der Waals surface area contributed by atoms with Gasteiger partial charge >= 0.3 is 0 Å². The number of imidazole rings is 1. The number of hydrogen-bond donors (Lipinski definition) is 0. The molecule has 2 aromatic heterocycles. The topological polar surface area (TPSA) is 54.3 Å². The molecule has 0 atom stereocenters. The summed E-state index contributed by atoms with van der Waals surface area (Å²) in [4.78, 5) is 25.3. The minimum atomic E-state index is 0.0331. The van der Waals surface area contributed by atoms with E-state index < -0.39 is 0 Å². The third-order valence-electron chi connectivity index (χ3n) is 4.21. The Labute approximate surface area is 148 Å². The molecule has 8 heteroatoms. The molecule has 1 aromatic carbocycles. The quantitative estimate of drug-likeness (QED) is 0.704. The molecule has 1 aliphatic rings. The number of aryl methyl sites for hydroxylation is 1. The van der Waals surface area contributed by atoms with Crippen LogP contribution in [0.5, 0.6) is 0 Å². The van der Waals surface area contributed by atoms with E-state index in [9.17, 15) is 4.79 Å². The summed E-state index contributed by atoms with van der Waals surface area (Å²) in [7, 11) is 1.84. The van der Waals surface area contributed by atoms with Crippen LogP contribution in [-0.4, -0.2) is 51.5 Å². The molecule has 0 N–H and O–H groups in total. The number of aromatic nitrogens is 3. The SMILES string of the molecule is Cn1cncc1C(=O)N1CCN(c2nc3ccc(Cl)cc3s2)CC1. The third-order valence-corrected chi connectivity index (χ3v) is 5.53. The monoisotopic (exact) mass is 361 g/mol. The predicted octanol–water partition coefficient (Wildman–Crippen LogP) is 2.65. The number of hydrogen-bond acceptors (Lipinski definition) is 5.